The normalized spacial score (nSPS) is 13.4. The molecule has 2 aromatic heterocycles. The van der Waals surface area contributed by atoms with Crippen molar-refractivity contribution in [1.29, 1.82) is 0 Å². The van der Waals surface area contributed by atoms with Crippen molar-refractivity contribution in [2.75, 3.05) is 11.9 Å². The number of nitrogens with zero attached hydrogens (tertiary/aromatic N) is 2. The summed E-state index contributed by atoms with van der Waals surface area (Å²) in [4.78, 5) is 24.1. The largest absolute Gasteiger partial charge is 0.452 e. The molecule has 132 valence electrons. The maximum atomic E-state index is 12.2. The van der Waals surface area contributed by atoms with E-state index in [4.69, 9.17) is 4.74 Å². The number of carbonyl (C=O) groups is 2. The van der Waals surface area contributed by atoms with E-state index in [0.717, 1.165) is 24.2 Å². The number of benzene rings is 1. The van der Waals surface area contributed by atoms with E-state index in [-0.39, 0.29) is 6.61 Å². The molecule has 6 nitrogen and oxygen atoms in total. The molecule has 7 heteroatoms. The lowest BCUT2D eigenvalue weighted by Crippen LogP contribution is -2.22. The molecule has 0 atom stereocenters. The van der Waals surface area contributed by atoms with Crippen LogP contribution in [0.25, 0.3) is 5.69 Å². The molecule has 1 fully saturated rings. The second kappa shape index (κ2) is 7.13. The Morgan fingerprint density at radius 1 is 1.23 bits per heavy atom. The van der Waals surface area contributed by atoms with Gasteiger partial charge in [-0.15, -0.1) is 0 Å². The monoisotopic (exact) mass is 367 g/mol. The van der Waals surface area contributed by atoms with Gasteiger partial charge < -0.3 is 10.1 Å². The summed E-state index contributed by atoms with van der Waals surface area (Å²) in [5.41, 5.74) is 2.29. The van der Waals surface area contributed by atoms with Gasteiger partial charge >= 0.3 is 5.97 Å². The van der Waals surface area contributed by atoms with Crippen molar-refractivity contribution < 1.29 is 14.3 Å². The van der Waals surface area contributed by atoms with Gasteiger partial charge in [0.25, 0.3) is 5.91 Å². The number of esters is 1. The van der Waals surface area contributed by atoms with E-state index in [9.17, 15) is 9.59 Å². The van der Waals surface area contributed by atoms with Gasteiger partial charge in [0.2, 0.25) is 0 Å². The van der Waals surface area contributed by atoms with Gasteiger partial charge in [0.05, 0.1) is 16.9 Å². The van der Waals surface area contributed by atoms with Crippen molar-refractivity contribution in [2.24, 2.45) is 0 Å². The average Bonchev–Trinajstić information content (AvgIpc) is 3.19. The van der Waals surface area contributed by atoms with Crippen LogP contribution in [-0.2, 0) is 9.53 Å². The Hall–Kier alpha value is -2.93. The Labute approximate surface area is 154 Å². The van der Waals surface area contributed by atoms with Gasteiger partial charge in [-0.25, -0.2) is 9.48 Å². The Bertz CT molecular complexity index is 915. The smallest absolute Gasteiger partial charge is 0.339 e. The molecule has 4 rings (SSSR count). The van der Waals surface area contributed by atoms with Crippen LogP contribution >= 0.6 is 11.3 Å². The summed E-state index contributed by atoms with van der Waals surface area (Å²) >= 11 is 1.40. The van der Waals surface area contributed by atoms with Crippen molar-refractivity contribution in [3.63, 3.8) is 0 Å². The minimum atomic E-state index is -0.503. The van der Waals surface area contributed by atoms with E-state index in [1.54, 1.807) is 21.5 Å². The molecular formula is C19H17N3O3S. The number of thiophene rings is 1. The lowest BCUT2D eigenvalue weighted by molar-refractivity contribution is -0.119. The van der Waals surface area contributed by atoms with Gasteiger partial charge in [0, 0.05) is 17.4 Å². The van der Waals surface area contributed by atoms with Crippen LogP contribution in [0.15, 0.2) is 53.2 Å². The topological polar surface area (TPSA) is 73.2 Å². The van der Waals surface area contributed by atoms with Crippen LogP contribution in [0.2, 0.25) is 0 Å². The number of para-hydroxylation sites is 1. The maximum absolute atomic E-state index is 12.2. The van der Waals surface area contributed by atoms with Crippen molar-refractivity contribution in [3.8, 4) is 5.69 Å². The molecule has 1 N–H and O–H groups in total. The first kappa shape index (κ1) is 16.5. The molecule has 1 saturated carbocycles. The summed E-state index contributed by atoms with van der Waals surface area (Å²) in [6, 6.07) is 13.2. The van der Waals surface area contributed by atoms with Crippen molar-refractivity contribution in [1.82, 2.24) is 9.78 Å². The van der Waals surface area contributed by atoms with Crippen LogP contribution in [-0.4, -0.2) is 28.3 Å². The Morgan fingerprint density at radius 2 is 2.04 bits per heavy atom. The minimum Gasteiger partial charge on any atom is -0.452 e. The van der Waals surface area contributed by atoms with Crippen LogP contribution in [0.5, 0.6) is 0 Å². The van der Waals surface area contributed by atoms with Crippen LogP contribution in [0, 0.1) is 0 Å². The Kier molecular flexibility index (Phi) is 4.53. The van der Waals surface area contributed by atoms with Crippen LogP contribution < -0.4 is 5.32 Å². The molecule has 1 aromatic carbocycles. The van der Waals surface area contributed by atoms with Crippen molar-refractivity contribution >= 4 is 29.0 Å². The Morgan fingerprint density at radius 3 is 2.73 bits per heavy atom. The molecule has 1 aliphatic carbocycles. The third kappa shape index (κ3) is 3.67. The van der Waals surface area contributed by atoms with Crippen molar-refractivity contribution in [3.05, 3.63) is 64.5 Å². The molecular weight excluding hydrogens is 350 g/mol. The number of hydrogen-bond donors (Lipinski definition) is 1. The SMILES string of the molecule is O=C(COC(=O)c1ccsc1)Nc1cc(C2CC2)nn1-c1ccccc1. The summed E-state index contributed by atoms with van der Waals surface area (Å²) < 4.78 is 6.77. The molecule has 3 aromatic rings. The fourth-order valence-corrected chi connectivity index (χ4v) is 3.23. The summed E-state index contributed by atoms with van der Waals surface area (Å²) in [5, 5.41) is 10.9. The minimum absolute atomic E-state index is 0.340. The first-order valence-electron chi connectivity index (χ1n) is 8.35. The Balaban J connectivity index is 1.46. The number of nitrogens with one attached hydrogen (secondary N) is 1. The van der Waals surface area contributed by atoms with Crippen molar-refractivity contribution in [2.45, 2.75) is 18.8 Å². The lowest BCUT2D eigenvalue weighted by Gasteiger charge is -2.09. The summed E-state index contributed by atoms with van der Waals surface area (Å²) in [7, 11) is 0. The van der Waals surface area contributed by atoms with Gasteiger partial charge in [-0.3, -0.25) is 4.79 Å². The molecule has 0 bridgehead atoms. The second-order valence-electron chi connectivity index (χ2n) is 6.11. The number of amides is 1. The molecule has 0 spiro atoms. The molecule has 2 heterocycles. The molecule has 0 aliphatic heterocycles. The zero-order chi connectivity index (χ0) is 17.9. The molecule has 1 aliphatic rings. The predicted molar refractivity (Wildman–Crippen MR) is 98.8 cm³/mol. The standard InChI is InChI=1S/C19H17N3O3S/c23-18(11-25-19(24)14-8-9-26-12-14)20-17-10-16(13-6-7-13)21-22(17)15-4-2-1-3-5-15/h1-5,8-10,12-13H,6-7,11H2,(H,20,23). The molecule has 26 heavy (non-hydrogen) atoms. The van der Waals surface area contributed by atoms with E-state index >= 15 is 0 Å². The van der Waals surface area contributed by atoms with Gasteiger partial charge in [-0.05, 0) is 36.4 Å². The number of hydrogen-bond acceptors (Lipinski definition) is 5. The molecule has 0 radical (unpaired) electrons. The summed E-state index contributed by atoms with van der Waals surface area (Å²) in [5.74, 6) is 0.145. The number of carbonyl (C=O) groups excluding carboxylic acids is 2. The number of ether oxygens (including phenoxy) is 1. The fourth-order valence-electron chi connectivity index (χ4n) is 2.61. The summed E-state index contributed by atoms with van der Waals surface area (Å²) in [6.07, 6.45) is 2.24. The van der Waals surface area contributed by atoms with Crippen LogP contribution in [0.4, 0.5) is 5.82 Å². The number of aromatic nitrogens is 2. The van der Waals surface area contributed by atoms with Crippen LogP contribution in [0.1, 0.15) is 34.8 Å². The van der Waals surface area contributed by atoms with Gasteiger partial charge in [0.1, 0.15) is 5.82 Å². The van der Waals surface area contributed by atoms with E-state index in [1.165, 1.54) is 11.3 Å². The molecule has 0 saturated heterocycles. The lowest BCUT2D eigenvalue weighted by atomic mass is 10.3. The maximum Gasteiger partial charge on any atom is 0.339 e. The van der Waals surface area contributed by atoms with E-state index in [0.29, 0.717) is 17.3 Å². The van der Waals surface area contributed by atoms with Gasteiger partial charge in [0.15, 0.2) is 6.61 Å². The zero-order valence-corrected chi connectivity index (χ0v) is 14.7. The third-order valence-corrected chi connectivity index (χ3v) is 4.77. The van der Waals surface area contributed by atoms with E-state index < -0.39 is 11.9 Å². The quantitative estimate of drug-likeness (QED) is 0.676. The number of anilines is 1. The first-order valence-corrected chi connectivity index (χ1v) is 9.29. The number of rotatable bonds is 6. The highest BCUT2D eigenvalue weighted by molar-refractivity contribution is 7.08. The summed E-state index contributed by atoms with van der Waals surface area (Å²) in [6.45, 7) is -0.340. The first-order chi connectivity index (χ1) is 12.7. The average molecular weight is 367 g/mol. The van der Waals surface area contributed by atoms with Gasteiger partial charge in [-0.2, -0.15) is 16.4 Å². The second-order valence-corrected chi connectivity index (χ2v) is 6.89. The highest BCUT2D eigenvalue weighted by Crippen LogP contribution is 2.40. The third-order valence-electron chi connectivity index (χ3n) is 4.08. The highest BCUT2D eigenvalue weighted by atomic mass is 32.1. The molecule has 1 amide bonds. The highest BCUT2D eigenvalue weighted by Gasteiger charge is 2.28. The van der Waals surface area contributed by atoms with E-state index in [2.05, 4.69) is 10.4 Å². The van der Waals surface area contributed by atoms with Crippen LogP contribution in [0.3, 0.4) is 0 Å². The molecule has 0 unspecified atom stereocenters. The van der Waals surface area contributed by atoms with Gasteiger partial charge in [-0.1, -0.05) is 18.2 Å². The van der Waals surface area contributed by atoms with E-state index in [1.807, 2.05) is 36.4 Å². The predicted octanol–water partition coefficient (Wildman–Crippen LogP) is 3.61. The fraction of sp³-hybridized carbons (Fsp3) is 0.211. The zero-order valence-electron chi connectivity index (χ0n) is 13.9.